The fourth-order valence-corrected chi connectivity index (χ4v) is 4.24. The van der Waals surface area contributed by atoms with Crippen molar-refractivity contribution in [1.82, 2.24) is 9.55 Å². The van der Waals surface area contributed by atoms with Crippen LogP contribution in [0.5, 0.6) is 0 Å². The summed E-state index contributed by atoms with van der Waals surface area (Å²) in [5.41, 5.74) is 5.48. The molecule has 0 unspecified atom stereocenters. The molecule has 0 saturated heterocycles. The molecule has 9 nitrogen and oxygen atoms in total. The first-order chi connectivity index (χ1) is 15.2. The molecular weight excluding hydrogens is 467 g/mol. The van der Waals surface area contributed by atoms with Gasteiger partial charge < -0.3 is 15.6 Å². The number of nitrogens with one attached hydrogen (secondary N) is 1. The number of aromatic nitrogens is 2. The Bertz CT molecular complexity index is 1340. The molecule has 0 fully saturated rings. The molecule has 12 heteroatoms. The predicted molar refractivity (Wildman–Crippen MR) is 128 cm³/mol. The zero-order chi connectivity index (χ0) is 24.6. The van der Waals surface area contributed by atoms with Crippen LogP contribution in [0.25, 0.3) is 0 Å². The lowest BCUT2D eigenvalue weighted by Crippen LogP contribution is -2.30. The van der Waals surface area contributed by atoms with E-state index >= 15 is 0 Å². The molecule has 0 radical (unpaired) electrons. The number of rotatable bonds is 4. The van der Waals surface area contributed by atoms with Crippen molar-refractivity contribution >= 4 is 38.5 Å². The maximum absolute atomic E-state index is 14.6. The summed E-state index contributed by atoms with van der Waals surface area (Å²) >= 11 is 1.24. The van der Waals surface area contributed by atoms with Crippen molar-refractivity contribution in [2.75, 3.05) is 5.32 Å². The third kappa shape index (κ3) is 5.33. The van der Waals surface area contributed by atoms with Crippen LogP contribution in [0.15, 0.2) is 51.5 Å². The van der Waals surface area contributed by atoms with Crippen molar-refractivity contribution in [3.8, 4) is 0 Å². The van der Waals surface area contributed by atoms with Crippen LogP contribution in [0.1, 0.15) is 43.7 Å². The van der Waals surface area contributed by atoms with Crippen LogP contribution in [0.4, 0.5) is 10.1 Å². The largest absolute Gasteiger partial charge is 0.378 e. The molecule has 0 bridgehead atoms. The molecule has 0 spiro atoms. The van der Waals surface area contributed by atoms with Crippen molar-refractivity contribution in [2.45, 2.75) is 38.0 Å². The summed E-state index contributed by atoms with van der Waals surface area (Å²) < 4.78 is 43.3. The lowest BCUT2D eigenvalue weighted by atomic mass is 9.92. The highest BCUT2D eigenvalue weighted by Crippen LogP contribution is 2.35. The van der Waals surface area contributed by atoms with Gasteiger partial charge in [0.15, 0.2) is 10.7 Å². The van der Waals surface area contributed by atoms with Gasteiger partial charge in [-0.3, -0.25) is 4.79 Å². The number of aliphatic imine (C=N–C) groups is 1. The zero-order valence-corrected chi connectivity index (χ0v) is 20.5. The maximum Gasteiger partial charge on any atom is 0.275 e. The lowest BCUT2D eigenvalue weighted by Gasteiger charge is -2.26. The van der Waals surface area contributed by atoms with Crippen LogP contribution in [0.2, 0.25) is 0 Å². The molecule has 0 saturated carbocycles. The molecular formula is C21H25FN6O3S2. The second kappa shape index (κ2) is 8.75. The van der Waals surface area contributed by atoms with Crippen molar-refractivity contribution in [2.24, 2.45) is 22.2 Å². The molecule has 3 N–H and O–H groups in total. The van der Waals surface area contributed by atoms with Gasteiger partial charge in [0.2, 0.25) is 0 Å². The molecule has 33 heavy (non-hydrogen) atoms. The van der Waals surface area contributed by atoms with Gasteiger partial charge in [-0.05, 0) is 57.4 Å². The zero-order valence-electron chi connectivity index (χ0n) is 18.8. The van der Waals surface area contributed by atoms with Gasteiger partial charge in [-0.25, -0.2) is 22.8 Å². The number of anilines is 1. The minimum absolute atomic E-state index is 0.0259. The van der Waals surface area contributed by atoms with Crippen molar-refractivity contribution < 1.29 is 17.6 Å². The summed E-state index contributed by atoms with van der Waals surface area (Å²) in [6.45, 7) is 6.34. The Morgan fingerprint density at radius 3 is 2.64 bits per heavy atom. The van der Waals surface area contributed by atoms with Crippen LogP contribution >= 0.6 is 11.8 Å². The first-order valence-electron chi connectivity index (χ1n) is 9.86. The van der Waals surface area contributed by atoms with Gasteiger partial charge in [0.05, 0.1) is 10.9 Å². The Morgan fingerprint density at radius 1 is 1.33 bits per heavy atom. The number of nitrogens with zero attached hydrogens (tertiary/aromatic N) is 4. The van der Waals surface area contributed by atoms with Crippen molar-refractivity contribution in [3.05, 3.63) is 64.6 Å². The topological polar surface area (TPSA) is 132 Å². The summed E-state index contributed by atoms with van der Waals surface area (Å²) in [6, 6.07) is 4.16. The summed E-state index contributed by atoms with van der Waals surface area (Å²) in [6.07, 6.45) is 4.30. The fraction of sp³-hybridized carbons (Fsp3) is 0.333. The van der Waals surface area contributed by atoms with Crippen molar-refractivity contribution in [3.63, 3.8) is 0 Å². The highest BCUT2D eigenvalue weighted by atomic mass is 32.2. The van der Waals surface area contributed by atoms with Gasteiger partial charge in [0, 0.05) is 24.5 Å². The Balaban J connectivity index is 1.89. The first kappa shape index (κ1) is 24.6. The van der Waals surface area contributed by atoms with E-state index in [4.69, 9.17) is 5.73 Å². The number of amidine groups is 1. The molecule has 176 valence electrons. The third-order valence-corrected chi connectivity index (χ3v) is 7.49. The number of aryl methyl sites for hydroxylation is 1. The van der Waals surface area contributed by atoms with Gasteiger partial charge in [-0.15, -0.1) is 4.40 Å². The Kier molecular flexibility index (Phi) is 6.53. The number of hydrogen-bond donors (Lipinski definition) is 2. The van der Waals surface area contributed by atoms with E-state index in [0.717, 1.165) is 0 Å². The first-order valence-corrected chi connectivity index (χ1v) is 12.2. The van der Waals surface area contributed by atoms with Crippen LogP contribution in [-0.4, -0.2) is 33.8 Å². The average Bonchev–Trinajstić information content (AvgIpc) is 2.69. The van der Waals surface area contributed by atoms with E-state index < -0.39 is 32.0 Å². The van der Waals surface area contributed by atoms with E-state index in [1.807, 2.05) is 0 Å². The van der Waals surface area contributed by atoms with Gasteiger partial charge in [0.25, 0.3) is 15.9 Å². The Labute approximate surface area is 195 Å². The standard InChI is InChI=1S/C21H25FN6O3S2/c1-20(2,3)33(30,31)27-17-11-24-16(12-28(17)5)18(29)25-13-6-7-15(22)14(10-13)21(4)8-9-32-19(23)26-21/h6-12H,1-5H3,(H2,23,26)(H,25,29)/t21-/m0/s1. The highest BCUT2D eigenvalue weighted by Gasteiger charge is 2.30. The van der Waals surface area contributed by atoms with Crippen LogP contribution < -0.4 is 16.5 Å². The average molecular weight is 493 g/mol. The molecule has 1 aromatic heterocycles. The maximum atomic E-state index is 14.6. The molecule has 2 heterocycles. The van der Waals surface area contributed by atoms with E-state index in [1.54, 1.807) is 46.2 Å². The number of carbonyl (C=O) groups is 1. The second-order valence-electron chi connectivity index (χ2n) is 8.59. The molecule has 2 aromatic rings. The molecule has 0 aliphatic carbocycles. The molecule has 1 aromatic carbocycles. The number of sulfonamides is 1. The monoisotopic (exact) mass is 492 g/mol. The van der Waals surface area contributed by atoms with Crippen LogP contribution in [0, 0.1) is 5.82 Å². The van der Waals surface area contributed by atoms with Gasteiger partial charge >= 0.3 is 0 Å². The van der Waals surface area contributed by atoms with Crippen LogP contribution in [-0.2, 0) is 22.6 Å². The van der Waals surface area contributed by atoms with Gasteiger partial charge in [-0.1, -0.05) is 11.8 Å². The Morgan fingerprint density at radius 2 is 2.03 bits per heavy atom. The SMILES string of the molecule is Cn1cc(C(=O)Nc2ccc(F)c([C@]3(C)C=CSC(N)=N3)c2)ncc1=NS(=O)(=O)C(C)(C)C. The van der Waals surface area contributed by atoms with Gasteiger partial charge in [0.1, 0.15) is 17.1 Å². The lowest BCUT2D eigenvalue weighted by molar-refractivity contribution is 0.102. The van der Waals surface area contributed by atoms with E-state index in [1.165, 1.54) is 46.9 Å². The highest BCUT2D eigenvalue weighted by molar-refractivity contribution is 8.16. The number of nitrogens with two attached hydrogens (primary N) is 1. The summed E-state index contributed by atoms with van der Waals surface area (Å²) in [5, 5.41) is 4.72. The summed E-state index contributed by atoms with van der Waals surface area (Å²) in [7, 11) is -2.23. The van der Waals surface area contributed by atoms with E-state index in [9.17, 15) is 17.6 Å². The molecule has 1 aliphatic heterocycles. The summed E-state index contributed by atoms with van der Waals surface area (Å²) in [4.78, 5) is 21.1. The number of benzene rings is 1. The van der Waals surface area contributed by atoms with Crippen LogP contribution in [0.3, 0.4) is 0 Å². The third-order valence-electron chi connectivity index (χ3n) is 4.91. The predicted octanol–water partition coefficient (Wildman–Crippen LogP) is 2.63. The quantitative estimate of drug-likeness (QED) is 0.674. The number of hydrogen-bond acceptors (Lipinski definition) is 7. The molecule has 1 amide bonds. The second-order valence-corrected chi connectivity index (χ2v) is 11.9. The van der Waals surface area contributed by atoms with Crippen molar-refractivity contribution in [1.29, 1.82) is 0 Å². The van der Waals surface area contributed by atoms with E-state index in [0.29, 0.717) is 10.9 Å². The number of amides is 1. The summed E-state index contributed by atoms with van der Waals surface area (Å²) in [5.74, 6) is -1.05. The number of thioether (sulfide) groups is 1. The minimum atomic E-state index is -3.78. The van der Waals surface area contributed by atoms with Gasteiger partial charge in [-0.2, -0.15) is 0 Å². The number of carbonyl (C=O) groups excluding carboxylic acids is 1. The van der Waals surface area contributed by atoms with E-state index in [2.05, 4.69) is 19.7 Å². The molecule has 1 aliphatic rings. The molecule has 1 atom stereocenters. The fourth-order valence-electron chi connectivity index (χ4n) is 2.83. The minimum Gasteiger partial charge on any atom is -0.378 e. The molecule has 3 rings (SSSR count). The normalized spacial score (nSPS) is 19.3. The van der Waals surface area contributed by atoms with E-state index in [-0.39, 0.29) is 16.7 Å². The number of halogens is 1. The smallest absolute Gasteiger partial charge is 0.275 e. The Hall–Kier alpha value is -2.99.